The summed E-state index contributed by atoms with van der Waals surface area (Å²) in [5, 5.41) is 0.389. The van der Waals surface area contributed by atoms with Crippen LogP contribution in [0.1, 0.15) is 12.8 Å². The standard InChI is InChI=1S/C14H19ClN4O/c1-16-11-4-5-12(15)18-13(11)14(17-2)20-10-6-8-19(3)9-7-10/h4-5,10H,2,6-9H2,1,3H3/b14-13-,16-11?. The fourth-order valence-electron chi connectivity index (χ4n) is 2.19. The molecule has 1 saturated heterocycles. The summed E-state index contributed by atoms with van der Waals surface area (Å²) >= 11 is 5.95. The third-order valence-corrected chi connectivity index (χ3v) is 3.58. The molecule has 5 nitrogen and oxygen atoms in total. The van der Waals surface area contributed by atoms with Gasteiger partial charge in [0.2, 0.25) is 5.88 Å². The number of aliphatic imine (C=N–C) groups is 3. The average Bonchev–Trinajstić information content (AvgIpc) is 2.46. The molecular weight excluding hydrogens is 276 g/mol. The van der Waals surface area contributed by atoms with Gasteiger partial charge in [0, 0.05) is 20.1 Å². The minimum absolute atomic E-state index is 0.136. The Labute approximate surface area is 124 Å². The minimum Gasteiger partial charge on any atom is -0.473 e. The number of dihydropyridines is 1. The van der Waals surface area contributed by atoms with E-state index in [2.05, 4.69) is 33.6 Å². The number of piperidine rings is 1. The van der Waals surface area contributed by atoms with Crippen molar-refractivity contribution in [2.45, 2.75) is 18.9 Å². The van der Waals surface area contributed by atoms with Crippen LogP contribution in [0.15, 0.2) is 38.7 Å². The predicted molar refractivity (Wildman–Crippen MR) is 84.0 cm³/mol. The van der Waals surface area contributed by atoms with Crippen molar-refractivity contribution in [3.63, 3.8) is 0 Å². The lowest BCUT2D eigenvalue weighted by Crippen LogP contribution is -2.34. The Bertz CT molecular complexity index is 499. The Morgan fingerprint density at radius 3 is 2.75 bits per heavy atom. The Morgan fingerprint density at radius 2 is 2.15 bits per heavy atom. The first-order valence-electron chi connectivity index (χ1n) is 6.59. The lowest BCUT2D eigenvalue weighted by atomic mass is 10.1. The van der Waals surface area contributed by atoms with Gasteiger partial charge < -0.3 is 9.64 Å². The summed E-state index contributed by atoms with van der Waals surface area (Å²) in [6, 6.07) is 0. The van der Waals surface area contributed by atoms with Crippen molar-refractivity contribution >= 4 is 29.2 Å². The van der Waals surface area contributed by atoms with Crippen molar-refractivity contribution in [2.75, 3.05) is 27.2 Å². The molecular formula is C14H19ClN4O. The number of allylic oxidation sites excluding steroid dienone is 2. The zero-order valence-corrected chi connectivity index (χ0v) is 12.6. The number of likely N-dealkylation sites (tertiary alicyclic amines) is 1. The second kappa shape index (κ2) is 6.81. The quantitative estimate of drug-likeness (QED) is 0.592. The molecule has 2 aliphatic heterocycles. The van der Waals surface area contributed by atoms with Gasteiger partial charge in [-0.1, -0.05) is 11.6 Å². The van der Waals surface area contributed by atoms with Gasteiger partial charge in [-0.25, -0.2) is 9.98 Å². The van der Waals surface area contributed by atoms with E-state index in [1.54, 1.807) is 19.2 Å². The molecule has 0 aliphatic carbocycles. The number of hydrogen-bond acceptors (Lipinski definition) is 5. The van der Waals surface area contributed by atoms with Crippen LogP contribution < -0.4 is 0 Å². The summed E-state index contributed by atoms with van der Waals surface area (Å²) < 4.78 is 5.95. The zero-order valence-electron chi connectivity index (χ0n) is 11.8. The molecule has 0 aromatic carbocycles. The molecule has 0 saturated carbocycles. The average molecular weight is 295 g/mol. The van der Waals surface area contributed by atoms with E-state index in [0.717, 1.165) is 25.9 Å². The van der Waals surface area contributed by atoms with Gasteiger partial charge in [0.25, 0.3) is 0 Å². The molecule has 0 spiro atoms. The summed E-state index contributed by atoms with van der Waals surface area (Å²) in [4.78, 5) is 14.7. The highest BCUT2D eigenvalue weighted by atomic mass is 35.5. The van der Waals surface area contributed by atoms with Gasteiger partial charge in [-0.3, -0.25) is 4.99 Å². The number of hydrogen-bond donors (Lipinski definition) is 0. The van der Waals surface area contributed by atoms with Crippen LogP contribution in [-0.4, -0.2) is 55.8 Å². The van der Waals surface area contributed by atoms with Gasteiger partial charge in [0.1, 0.15) is 11.3 Å². The highest BCUT2D eigenvalue weighted by molar-refractivity contribution is 6.69. The molecule has 6 heteroatoms. The topological polar surface area (TPSA) is 49.5 Å². The van der Waals surface area contributed by atoms with E-state index in [9.17, 15) is 0 Å². The van der Waals surface area contributed by atoms with Crippen LogP contribution in [0.4, 0.5) is 0 Å². The Hall–Kier alpha value is -1.46. The summed E-state index contributed by atoms with van der Waals surface area (Å²) in [5.41, 5.74) is 1.25. The minimum atomic E-state index is 0.136. The van der Waals surface area contributed by atoms with Crippen molar-refractivity contribution in [3.05, 3.63) is 23.7 Å². The number of rotatable bonds is 3. The van der Waals surface area contributed by atoms with E-state index in [-0.39, 0.29) is 6.10 Å². The smallest absolute Gasteiger partial charge is 0.241 e. The second-order valence-corrected chi connectivity index (χ2v) is 5.20. The van der Waals surface area contributed by atoms with Crippen molar-refractivity contribution in [3.8, 4) is 0 Å². The van der Waals surface area contributed by atoms with Crippen molar-refractivity contribution in [1.29, 1.82) is 0 Å². The van der Waals surface area contributed by atoms with E-state index in [1.165, 1.54) is 0 Å². The van der Waals surface area contributed by atoms with Crippen LogP contribution in [-0.2, 0) is 4.74 Å². The van der Waals surface area contributed by atoms with Crippen molar-refractivity contribution in [1.82, 2.24) is 4.90 Å². The van der Waals surface area contributed by atoms with E-state index in [1.807, 2.05) is 0 Å². The van der Waals surface area contributed by atoms with Crippen LogP contribution in [0.5, 0.6) is 0 Å². The molecule has 0 amide bonds. The monoisotopic (exact) mass is 294 g/mol. The third kappa shape index (κ3) is 3.55. The molecule has 0 unspecified atom stereocenters. The summed E-state index contributed by atoms with van der Waals surface area (Å²) in [5.74, 6) is 0.405. The molecule has 1 fully saturated rings. The van der Waals surface area contributed by atoms with Gasteiger partial charge >= 0.3 is 0 Å². The molecule has 108 valence electrons. The Kier molecular flexibility index (Phi) is 5.09. The highest BCUT2D eigenvalue weighted by Gasteiger charge is 2.22. The first-order valence-corrected chi connectivity index (χ1v) is 6.97. The van der Waals surface area contributed by atoms with Gasteiger partial charge in [0.05, 0.1) is 5.71 Å². The highest BCUT2D eigenvalue weighted by Crippen LogP contribution is 2.22. The van der Waals surface area contributed by atoms with E-state index in [0.29, 0.717) is 22.5 Å². The fraction of sp³-hybridized carbons (Fsp3) is 0.500. The molecule has 2 rings (SSSR count). The third-order valence-electron chi connectivity index (χ3n) is 3.37. The molecule has 2 heterocycles. The largest absolute Gasteiger partial charge is 0.473 e. The van der Waals surface area contributed by atoms with Crippen LogP contribution in [0.2, 0.25) is 0 Å². The van der Waals surface area contributed by atoms with Gasteiger partial charge in [0.15, 0.2) is 5.70 Å². The Morgan fingerprint density at radius 1 is 1.45 bits per heavy atom. The van der Waals surface area contributed by atoms with Crippen LogP contribution in [0.25, 0.3) is 0 Å². The lowest BCUT2D eigenvalue weighted by Gasteiger charge is -2.29. The van der Waals surface area contributed by atoms with Crippen molar-refractivity contribution < 1.29 is 4.74 Å². The molecule has 0 aromatic rings. The van der Waals surface area contributed by atoms with Crippen LogP contribution in [0, 0.1) is 0 Å². The molecule has 0 bridgehead atoms. The SMILES string of the molecule is C=N/C(OC1CCN(C)CC1)=C1/N=C(Cl)C=CC1=NC. The first kappa shape index (κ1) is 14.9. The number of nitrogens with zero attached hydrogens (tertiary/aromatic N) is 4. The summed E-state index contributed by atoms with van der Waals surface area (Å²) in [6.45, 7) is 5.61. The van der Waals surface area contributed by atoms with Gasteiger partial charge in [-0.15, -0.1) is 0 Å². The number of halogens is 1. The maximum Gasteiger partial charge on any atom is 0.241 e. The fourth-order valence-corrected chi connectivity index (χ4v) is 2.34. The molecule has 0 aromatic heterocycles. The van der Waals surface area contributed by atoms with Gasteiger partial charge in [-0.2, -0.15) is 0 Å². The normalized spacial score (nSPS) is 25.6. The predicted octanol–water partition coefficient (Wildman–Crippen LogP) is 2.24. The van der Waals surface area contributed by atoms with Gasteiger partial charge in [-0.05, 0) is 38.8 Å². The first-order chi connectivity index (χ1) is 9.63. The van der Waals surface area contributed by atoms with Crippen LogP contribution in [0.3, 0.4) is 0 Å². The molecule has 2 aliphatic rings. The second-order valence-electron chi connectivity index (χ2n) is 4.81. The summed E-state index contributed by atoms with van der Waals surface area (Å²) in [6.07, 6.45) is 5.57. The molecule has 20 heavy (non-hydrogen) atoms. The lowest BCUT2D eigenvalue weighted by molar-refractivity contribution is 0.0564. The molecule has 0 radical (unpaired) electrons. The van der Waals surface area contributed by atoms with Crippen molar-refractivity contribution in [2.24, 2.45) is 15.0 Å². The zero-order chi connectivity index (χ0) is 14.5. The van der Waals surface area contributed by atoms with Crippen LogP contribution >= 0.6 is 11.6 Å². The maximum atomic E-state index is 5.95. The number of ether oxygens (including phenoxy) is 1. The summed E-state index contributed by atoms with van der Waals surface area (Å²) in [7, 11) is 3.81. The maximum absolute atomic E-state index is 5.95. The molecule has 0 N–H and O–H groups in total. The van der Waals surface area contributed by atoms with E-state index < -0.39 is 0 Å². The Balaban J connectivity index is 2.19. The molecule has 0 atom stereocenters. The van der Waals surface area contributed by atoms with E-state index >= 15 is 0 Å². The van der Waals surface area contributed by atoms with E-state index in [4.69, 9.17) is 16.3 Å².